The number of nitrogens with one attached hydrogen (secondary N) is 1. The third-order valence-corrected chi connectivity index (χ3v) is 1.58. The molecule has 62 valence electrons. The zero-order valence-corrected chi connectivity index (χ0v) is 7.31. The normalized spacial score (nSPS) is 24.9. The van der Waals surface area contributed by atoms with E-state index >= 15 is 0 Å². The Morgan fingerprint density at radius 3 is 2.40 bits per heavy atom. The summed E-state index contributed by atoms with van der Waals surface area (Å²) in [6.07, 6.45) is 2.96. The summed E-state index contributed by atoms with van der Waals surface area (Å²) in [5.74, 6) is 0. The molecule has 0 radical (unpaired) electrons. The van der Waals surface area contributed by atoms with Crippen LogP contribution in [0.4, 0.5) is 0 Å². The SMILES string of the molecule is CC.CO[C@@H]1CCCNC1. The summed E-state index contributed by atoms with van der Waals surface area (Å²) in [6, 6.07) is 0. The largest absolute Gasteiger partial charge is 0.380 e. The van der Waals surface area contributed by atoms with Gasteiger partial charge in [0.1, 0.15) is 0 Å². The predicted molar refractivity (Wildman–Crippen MR) is 44.2 cm³/mol. The first-order valence-electron chi connectivity index (χ1n) is 4.17. The van der Waals surface area contributed by atoms with Crippen LogP contribution in [0, 0.1) is 0 Å². The first-order valence-corrected chi connectivity index (χ1v) is 4.17. The van der Waals surface area contributed by atoms with Crippen molar-refractivity contribution < 1.29 is 4.74 Å². The van der Waals surface area contributed by atoms with Crippen LogP contribution in [0.1, 0.15) is 26.7 Å². The lowest BCUT2D eigenvalue weighted by atomic mass is 10.1. The molecule has 0 aromatic carbocycles. The van der Waals surface area contributed by atoms with Crippen molar-refractivity contribution in [2.45, 2.75) is 32.8 Å². The van der Waals surface area contributed by atoms with Crippen molar-refractivity contribution in [1.82, 2.24) is 5.32 Å². The predicted octanol–water partition coefficient (Wildman–Crippen LogP) is 1.41. The average Bonchev–Trinajstić information content (AvgIpc) is 2.10. The van der Waals surface area contributed by atoms with E-state index in [0.29, 0.717) is 6.10 Å². The van der Waals surface area contributed by atoms with E-state index in [9.17, 15) is 0 Å². The molecule has 1 aliphatic rings. The number of piperidine rings is 1. The van der Waals surface area contributed by atoms with Gasteiger partial charge >= 0.3 is 0 Å². The van der Waals surface area contributed by atoms with Crippen molar-refractivity contribution in [2.24, 2.45) is 0 Å². The fraction of sp³-hybridized carbons (Fsp3) is 1.00. The van der Waals surface area contributed by atoms with Gasteiger partial charge in [0.25, 0.3) is 0 Å². The van der Waals surface area contributed by atoms with Gasteiger partial charge in [-0.25, -0.2) is 0 Å². The van der Waals surface area contributed by atoms with E-state index in [0.717, 1.165) is 6.54 Å². The molecule has 1 N–H and O–H groups in total. The van der Waals surface area contributed by atoms with Crippen molar-refractivity contribution in [3.63, 3.8) is 0 Å². The molecular weight excluding hydrogens is 126 g/mol. The third kappa shape index (κ3) is 3.85. The van der Waals surface area contributed by atoms with Gasteiger partial charge in [0.05, 0.1) is 6.10 Å². The standard InChI is InChI=1S/C6H13NO.C2H6/c1-8-6-3-2-4-7-5-6;1-2/h6-7H,2-5H2,1H3;1-2H3/t6-;/m1./s1. The maximum Gasteiger partial charge on any atom is 0.0696 e. The van der Waals surface area contributed by atoms with Crippen LogP contribution in [-0.4, -0.2) is 26.3 Å². The van der Waals surface area contributed by atoms with Crippen LogP contribution in [0.3, 0.4) is 0 Å². The minimum absolute atomic E-state index is 0.476. The quantitative estimate of drug-likeness (QED) is 0.602. The molecule has 1 aliphatic heterocycles. The summed E-state index contributed by atoms with van der Waals surface area (Å²) >= 11 is 0. The second-order valence-electron chi connectivity index (χ2n) is 2.20. The molecule has 0 aromatic rings. The van der Waals surface area contributed by atoms with Gasteiger partial charge in [-0.3, -0.25) is 0 Å². The lowest BCUT2D eigenvalue weighted by Crippen LogP contribution is -2.34. The van der Waals surface area contributed by atoms with Crippen molar-refractivity contribution in [1.29, 1.82) is 0 Å². The molecule has 2 nitrogen and oxygen atoms in total. The molecule has 1 rings (SSSR count). The Balaban J connectivity index is 0.000000371. The van der Waals surface area contributed by atoms with Gasteiger partial charge in [0.15, 0.2) is 0 Å². The zero-order valence-electron chi connectivity index (χ0n) is 7.31. The van der Waals surface area contributed by atoms with E-state index in [1.165, 1.54) is 19.4 Å². The van der Waals surface area contributed by atoms with E-state index in [-0.39, 0.29) is 0 Å². The molecule has 0 aromatic heterocycles. The third-order valence-electron chi connectivity index (χ3n) is 1.58. The molecule has 1 atom stereocenters. The summed E-state index contributed by atoms with van der Waals surface area (Å²) in [7, 11) is 1.78. The number of hydrogen-bond donors (Lipinski definition) is 1. The Morgan fingerprint density at radius 2 is 2.10 bits per heavy atom. The summed E-state index contributed by atoms with van der Waals surface area (Å²) < 4.78 is 5.13. The van der Waals surface area contributed by atoms with E-state index in [1.807, 2.05) is 13.8 Å². The van der Waals surface area contributed by atoms with Gasteiger partial charge < -0.3 is 10.1 Å². The summed E-state index contributed by atoms with van der Waals surface area (Å²) in [5.41, 5.74) is 0. The molecule has 1 fully saturated rings. The van der Waals surface area contributed by atoms with E-state index in [4.69, 9.17) is 4.74 Å². The summed E-state index contributed by atoms with van der Waals surface area (Å²) in [5, 5.41) is 3.26. The van der Waals surface area contributed by atoms with Crippen LogP contribution in [-0.2, 0) is 4.74 Å². The summed E-state index contributed by atoms with van der Waals surface area (Å²) in [6.45, 7) is 6.20. The Morgan fingerprint density at radius 1 is 1.40 bits per heavy atom. The maximum absolute atomic E-state index is 5.13. The van der Waals surface area contributed by atoms with Gasteiger partial charge in [0.2, 0.25) is 0 Å². The van der Waals surface area contributed by atoms with Crippen molar-refractivity contribution in [3.8, 4) is 0 Å². The van der Waals surface area contributed by atoms with Crippen LogP contribution in [0.15, 0.2) is 0 Å². The minimum atomic E-state index is 0.476. The first kappa shape index (κ1) is 9.92. The molecule has 0 bridgehead atoms. The molecule has 1 heterocycles. The second-order valence-corrected chi connectivity index (χ2v) is 2.20. The summed E-state index contributed by atoms with van der Waals surface area (Å²) in [4.78, 5) is 0. The number of rotatable bonds is 1. The monoisotopic (exact) mass is 145 g/mol. The van der Waals surface area contributed by atoms with Gasteiger partial charge in [-0.2, -0.15) is 0 Å². The van der Waals surface area contributed by atoms with Gasteiger partial charge in [0, 0.05) is 13.7 Å². The van der Waals surface area contributed by atoms with Crippen LogP contribution in [0.2, 0.25) is 0 Å². The molecular formula is C8H19NO. The Kier molecular flexibility index (Phi) is 6.98. The maximum atomic E-state index is 5.13. The number of hydrogen-bond acceptors (Lipinski definition) is 2. The highest BCUT2D eigenvalue weighted by atomic mass is 16.5. The molecule has 10 heavy (non-hydrogen) atoms. The highest BCUT2D eigenvalue weighted by Crippen LogP contribution is 2.03. The highest BCUT2D eigenvalue weighted by Gasteiger charge is 2.09. The first-order chi connectivity index (χ1) is 4.93. The van der Waals surface area contributed by atoms with Crippen LogP contribution in [0.25, 0.3) is 0 Å². The lowest BCUT2D eigenvalue weighted by Gasteiger charge is -2.20. The Bertz CT molecular complexity index is 60.3. The second kappa shape index (κ2) is 7.03. The fourth-order valence-electron chi connectivity index (χ4n) is 1.02. The smallest absolute Gasteiger partial charge is 0.0696 e. The number of methoxy groups -OCH3 is 1. The molecule has 0 spiro atoms. The van der Waals surface area contributed by atoms with E-state index < -0.39 is 0 Å². The average molecular weight is 145 g/mol. The molecule has 0 unspecified atom stereocenters. The van der Waals surface area contributed by atoms with Crippen LogP contribution >= 0.6 is 0 Å². The molecule has 0 saturated carbocycles. The minimum Gasteiger partial charge on any atom is -0.380 e. The topological polar surface area (TPSA) is 21.3 Å². The van der Waals surface area contributed by atoms with Crippen LogP contribution in [0.5, 0.6) is 0 Å². The molecule has 2 heteroatoms. The fourth-order valence-corrected chi connectivity index (χ4v) is 1.02. The van der Waals surface area contributed by atoms with Gasteiger partial charge in [-0.05, 0) is 19.4 Å². The van der Waals surface area contributed by atoms with Crippen molar-refractivity contribution >= 4 is 0 Å². The van der Waals surface area contributed by atoms with Gasteiger partial charge in [-0.15, -0.1) is 0 Å². The molecule has 0 aliphatic carbocycles. The van der Waals surface area contributed by atoms with Gasteiger partial charge in [-0.1, -0.05) is 13.8 Å². The molecule has 0 amide bonds. The van der Waals surface area contributed by atoms with Crippen molar-refractivity contribution in [3.05, 3.63) is 0 Å². The number of ether oxygens (including phenoxy) is 1. The Labute approximate surface area is 64.0 Å². The Hall–Kier alpha value is -0.0800. The van der Waals surface area contributed by atoms with E-state index in [2.05, 4.69) is 5.32 Å². The lowest BCUT2D eigenvalue weighted by molar-refractivity contribution is 0.0810. The highest BCUT2D eigenvalue weighted by molar-refractivity contribution is 4.67. The zero-order chi connectivity index (χ0) is 7.82. The molecule has 1 saturated heterocycles. The van der Waals surface area contributed by atoms with Crippen LogP contribution < -0.4 is 5.32 Å². The van der Waals surface area contributed by atoms with E-state index in [1.54, 1.807) is 7.11 Å². The van der Waals surface area contributed by atoms with Crippen molar-refractivity contribution in [2.75, 3.05) is 20.2 Å².